The first-order chi connectivity index (χ1) is 11.4. The summed E-state index contributed by atoms with van der Waals surface area (Å²) in [6.07, 6.45) is 0. The van der Waals surface area contributed by atoms with E-state index in [1.807, 2.05) is 32.9 Å². The minimum atomic E-state index is 0.571. The van der Waals surface area contributed by atoms with Gasteiger partial charge >= 0.3 is 0 Å². The number of furan rings is 1. The van der Waals surface area contributed by atoms with E-state index in [0.29, 0.717) is 10.0 Å². The van der Waals surface area contributed by atoms with Gasteiger partial charge in [0.1, 0.15) is 11.5 Å². The van der Waals surface area contributed by atoms with E-state index in [0.717, 1.165) is 44.0 Å². The average molecular weight is 379 g/mol. The summed E-state index contributed by atoms with van der Waals surface area (Å²) in [5.41, 5.74) is 2.81. The van der Waals surface area contributed by atoms with Crippen molar-refractivity contribution in [3.63, 3.8) is 0 Å². The molecule has 3 aromatic heterocycles. The third-order valence-electron chi connectivity index (χ3n) is 3.81. The van der Waals surface area contributed by atoms with Crippen molar-refractivity contribution in [3.05, 3.63) is 45.4 Å². The number of nitrogens with zero attached hydrogens (tertiary/aromatic N) is 4. The lowest BCUT2D eigenvalue weighted by Gasteiger charge is -2.01. The Balaban J connectivity index is 1.90. The molecule has 0 unspecified atom stereocenters. The molecule has 1 aromatic carbocycles. The van der Waals surface area contributed by atoms with Gasteiger partial charge in [0.2, 0.25) is 4.96 Å². The Morgan fingerprint density at radius 3 is 2.42 bits per heavy atom. The molecule has 0 aliphatic rings. The monoisotopic (exact) mass is 378 g/mol. The van der Waals surface area contributed by atoms with Crippen molar-refractivity contribution in [2.75, 3.05) is 0 Å². The largest absolute Gasteiger partial charge is 0.460 e. The van der Waals surface area contributed by atoms with Gasteiger partial charge in [-0.3, -0.25) is 0 Å². The number of halogens is 2. The summed E-state index contributed by atoms with van der Waals surface area (Å²) in [5.74, 6) is 2.30. The Kier molecular flexibility index (Phi) is 3.63. The van der Waals surface area contributed by atoms with Gasteiger partial charge in [0.15, 0.2) is 10.8 Å². The number of benzene rings is 1. The molecule has 122 valence electrons. The normalized spacial score (nSPS) is 11.5. The molecule has 4 rings (SSSR count). The zero-order chi connectivity index (χ0) is 17.0. The molecule has 0 aliphatic heterocycles. The number of aryl methyl sites for hydroxylation is 2. The molecular formula is C16H12Cl2N4OS. The highest BCUT2D eigenvalue weighted by molar-refractivity contribution is 7.19. The fourth-order valence-corrected chi connectivity index (χ4v) is 4.31. The van der Waals surface area contributed by atoms with Crippen LogP contribution in [0.2, 0.25) is 10.0 Å². The molecule has 0 saturated heterocycles. The average Bonchev–Trinajstić information content (AvgIpc) is 3.14. The van der Waals surface area contributed by atoms with E-state index in [-0.39, 0.29) is 0 Å². The number of fused-ring (bicyclic) bond motifs is 1. The quantitative estimate of drug-likeness (QED) is 0.471. The highest BCUT2D eigenvalue weighted by Crippen LogP contribution is 2.40. The number of hydrogen-bond donors (Lipinski definition) is 0. The van der Waals surface area contributed by atoms with Crippen molar-refractivity contribution in [2.45, 2.75) is 20.8 Å². The van der Waals surface area contributed by atoms with Gasteiger partial charge in [-0.25, -0.2) is 0 Å². The van der Waals surface area contributed by atoms with E-state index >= 15 is 0 Å². The first-order valence-corrected chi connectivity index (χ1v) is 8.77. The second kappa shape index (κ2) is 5.58. The van der Waals surface area contributed by atoms with Gasteiger partial charge in [-0.1, -0.05) is 34.5 Å². The molecule has 24 heavy (non-hydrogen) atoms. The minimum absolute atomic E-state index is 0.571. The third-order valence-corrected chi connectivity index (χ3v) is 5.16. The van der Waals surface area contributed by atoms with Crippen molar-refractivity contribution >= 4 is 39.5 Å². The standard InChI is InChI=1S/C16H12Cl2N4OS/c1-7-13(15-21-22-9(3)19-20-16(22)24-15)8(2)23-14(7)10-4-11(17)6-12(18)5-10/h4-6H,1-3H3. The smallest absolute Gasteiger partial charge is 0.234 e. The first kappa shape index (κ1) is 15.6. The van der Waals surface area contributed by atoms with Crippen LogP contribution >= 0.6 is 34.5 Å². The number of hydrogen-bond acceptors (Lipinski definition) is 5. The first-order valence-electron chi connectivity index (χ1n) is 7.19. The molecule has 0 radical (unpaired) electrons. The molecule has 0 amide bonds. The lowest BCUT2D eigenvalue weighted by molar-refractivity contribution is 0.548. The Labute approximate surface area is 151 Å². The van der Waals surface area contributed by atoms with Crippen LogP contribution in [0.5, 0.6) is 0 Å². The van der Waals surface area contributed by atoms with Crippen LogP contribution in [0.4, 0.5) is 0 Å². The Hall–Kier alpha value is -1.89. The van der Waals surface area contributed by atoms with E-state index in [9.17, 15) is 0 Å². The summed E-state index contributed by atoms with van der Waals surface area (Å²) in [6.45, 7) is 5.80. The predicted octanol–water partition coefficient (Wildman–Crippen LogP) is 5.34. The molecule has 0 fully saturated rings. The van der Waals surface area contributed by atoms with Gasteiger partial charge < -0.3 is 4.42 Å². The Bertz CT molecular complexity index is 1060. The van der Waals surface area contributed by atoms with Crippen LogP contribution in [-0.2, 0) is 0 Å². The molecule has 0 aliphatic carbocycles. The lowest BCUT2D eigenvalue weighted by Crippen LogP contribution is -1.89. The third kappa shape index (κ3) is 2.42. The van der Waals surface area contributed by atoms with Crippen molar-refractivity contribution in [1.82, 2.24) is 19.8 Å². The summed E-state index contributed by atoms with van der Waals surface area (Å²) in [4.78, 5) is 0.759. The minimum Gasteiger partial charge on any atom is -0.460 e. The van der Waals surface area contributed by atoms with Crippen LogP contribution in [0, 0.1) is 20.8 Å². The maximum Gasteiger partial charge on any atom is 0.234 e. The molecule has 5 nitrogen and oxygen atoms in total. The lowest BCUT2D eigenvalue weighted by atomic mass is 10.1. The van der Waals surface area contributed by atoms with Gasteiger partial charge in [-0.2, -0.15) is 9.61 Å². The highest BCUT2D eigenvalue weighted by Gasteiger charge is 2.21. The fraction of sp³-hybridized carbons (Fsp3) is 0.188. The summed E-state index contributed by atoms with van der Waals surface area (Å²) in [5, 5.41) is 14.7. The van der Waals surface area contributed by atoms with Gasteiger partial charge in [0.05, 0.1) is 5.56 Å². The molecule has 3 heterocycles. The van der Waals surface area contributed by atoms with Crippen molar-refractivity contribution in [3.8, 4) is 21.9 Å². The Morgan fingerprint density at radius 1 is 1.04 bits per heavy atom. The molecular weight excluding hydrogens is 367 g/mol. The second-order valence-corrected chi connectivity index (χ2v) is 7.32. The van der Waals surface area contributed by atoms with Crippen molar-refractivity contribution in [1.29, 1.82) is 0 Å². The van der Waals surface area contributed by atoms with Crippen LogP contribution in [0.3, 0.4) is 0 Å². The summed E-state index contributed by atoms with van der Waals surface area (Å²) >= 11 is 13.7. The van der Waals surface area contributed by atoms with Gasteiger partial charge in [-0.05, 0) is 39.0 Å². The predicted molar refractivity (Wildman–Crippen MR) is 96.0 cm³/mol. The van der Waals surface area contributed by atoms with Crippen LogP contribution in [-0.4, -0.2) is 19.8 Å². The van der Waals surface area contributed by atoms with E-state index in [1.165, 1.54) is 11.3 Å². The van der Waals surface area contributed by atoms with Gasteiger partial charge in [-0.15, -0.1) is 10.2 Å². The molecule has 0 saturated carbocycles. The molecule has 4 aromatic rings. The molecule has 0 atom stereocenters. The highest BCUT2D eigenvalue weighted by atomic mass is 35.5. The van der Waals surface area contributed by atoms with Gasteiger partial charge in [0.25, 0.3) is 0 Å². The summed E-state index contributed by atoms with van der Waals surface area (Å²) in [7, 11) is 0. The maximum atomic E-state index is 6.12. The van der Waals surface area contributed by atoms with Crippen LogP contribution < -0.4 is 0 Å². The van der Waals surface area contributed by atoms with E-state index in [4.69, 9.17) is 27.6 Å². The second-order valence-electron chi connectivity index (χ2n) is 5.49. The fourth-order valence-electron chi connectivity index (χ4n) is 2.75. The van der Waals surface area contributed by atoms with E-state index < -0.39 is 0 Å². The summed E-state index contributed by atoms with van der Waals surface area (Å²) < 4.78 is 7.74. The molecule has 0 bridgehead atoms. The topological polar surface area (TPSA) is 56.2 Å². The molecule has 0 spiro atoms. The Morgan fingerprint density at radius 2 is 1.75 bits per heavy atom. The van der Waals surface area contributed by atoms with Crippen LogP contribution in [0.25, 0.3) is 26.9 Å². The SMILES string of the molecule is Cc1oc(-c2cc(Cl)cc(Cl)c2)c(C)c1-c1nn2c(C)nnc2s1. The maximum absolute atomic E-state index is 6.12. The number of aromatic nitrogens is 4. The van der Waals surface area contributed by atoms with Crippen molar-refractivity contribution in [2.24, 2.45) is 0 Å². The van der Waals surface area contributed by atoms with E-state index in [1.54, 1.807) is 10.6 Å². The van der Waals surface area contributed by atoms with Crippen LogP contribution in [0.1, 0.15) is 17.1 Å². The zero-order valence-corrected chi connectivity index (χ0v) is 15.4. The molecule has 8 heteroatoms. The molecule has 0 N–H and O–H groups in total. The van der Waals surface area contributed by atoms with Gasteiger partial charge in [0, 0.05) is 21.2 Å². The number of rotatable bonds is 2. The zero-order valence-electron chi connectivity index (χ0n) is 13.1. The van der Waals surface area contributed by atoms with Crippen LogP contribution in [0.15, 0.2) is 22.6 Å². The van der Waals surface area contributed by atoms with E-state index in [2.05, 4.69) is 15.3 Å². The summed E-state index contributed by atoms with van der Waals surface area (Å²) in [6, 6.07) is 5.38. The van der Waals surface area contributed by atoms with Crippen molar-refractivity contribution < 1.29 is 4.42 Å².